The van der Waals surface area contributed by atoms with Crippen molar-refractivity contribution >= 4 is 11.0 Å². The van der Waals surface area contributed by atoms with Crippen LogP contribution < -0.4 is 0 Å². The van der Waals surface area contributed by atoms with Crippen LogP contribution in [0, 0.1) is 0 Å². The first-order valence-corrected chi connectivity index (χ1v) is 4.08. The zero-order valence-corrected chi connectivity index (χ0v) is 7.17. The van der Waals surface area contributed by atoms with Crippen LogP contribution in [0.3, 0.4) is 0 Å². The van der Waals surface area contributed by atoms with Crippen LogP contribution in [0.15, 0.2) is 18.5 Å². The third kappa shape index (κ3) is 1.26. The summed E-state index contributed by atoms with van der Waals surface area (Å²) < 4.78 is 25.3. The fourth-order valence-corrected chi connectivity index (χ4v) is 1.45. The molecule has 1 aromatic heterocycles. The van der Waals surface area contributed by atoms with Crippen LogP contribution in [0.5, 0.6) is 0 Å². The van der Waals surface area contributed by atoms with Gasteiger partial charge in [-0.15, -0.1) is 0 Å². The number of fused-ring (bicyclic) bond motifs is 1. The molecule has 0 aliphatic heterocycles. The van der Waals surface area contributed by atoms with Crippen LogP contribution in [0.1, 0.15) is 17.6 Å². The van der Waals surface area contributed by atoms with Crippen LogP contribution >= 0.6 is 0 Å². The molecular formula is C9H8F2N2O. The van der Waals surface area contributed by atoms with E-state index in [0.717, 1.165) is 0 Å². The Bertz CT molecular complexity index is 453. The molecule has 2 N–H and O–H groups in total. The lowest BCUT2D eigenvalue weighted by molar-refractivity contribution is 0.148. The topological polar surface area (TPSA) is 48.9 Å². The highest BCUT2D eigenvalue weighted by molar-refractivity contribution is 5.79. The lowest BCUT2D eigenvalue weighted by Gasteiger charge is -2.06. The quantitative estimate of drug-likeness (QED) is 0.775. The number of nitrogens with zero attached hydrogens (tertiary/aromatic N) is 1. The van der Waals surface area contributed by atoms with Crippen molar-refractivity contribution in [1.82, 2.24) is 9.97 Å². The SMILES string of the molecule is OCc1ccc2[nH]cnc2c1C(F)F. The Morgan fingerprint density at radius 3 is 2.86 bits per heavy atom. The number of aromatic amines is 1. The number of H-pyrrole nitrogens is 1. The van der Waals surface area contributed by atoms with Gasteiger partial charge >= 0.3 is 0 Å². The van der Waals surface area contributed by atoms with Crippen molar-refractivity contribution in [2.75, 3.05) is 0 Å². The Morgan fingerprint density at radius 1 is 1.43 bits per heavy atom. The van der Waals surface area contributed by atoms with E-state index in [2.05, 4.69) is 9.97 Å². The third-order valence-corrected chi connectivity index (χ3v) is 2.11. The van der Waals surface area contributed by atoms with Gasteiger partial charge in [0.1, 0.15) is 0 Å². The molecule has 0 aliphatic rings. The summed E-state index contributed by atoms with van der Waals surface area (Å²) in [5.41, 5.74) is 0.815. The standard InChI is InChI=1S/C9H8F2N2O/c10-9(11)7-5(3-14)1-2-6-8(7)13-4-12-6/h1-2,4,9,14H,3H2,(H,12,13). The minimum absolute atomic E-state index is 0.189. The summed E-state index contributed by atoms with van der Waals surface area (Å²) in [6.07, 6.45) is -1.26. The predicted octanol–water partition coefficient (Wildman–Crippen LogP) is 1.99. The highest BCUT2D eigenvalue weighted by atomic mass is 19.3. The van der Waals surface area contributed by atoms with E-state index < -0.39 is 13.0 Å². The van der Waals surface area contributed by atoms with E-state index in [1.54, 1.807) is 6.07 Å². The molecule has 0 atom stereocenters. The number of nitrogens with one attached hydrogen (secondary N) is 1. The highest BCUT2D eigenvalue weighted by Crippen LogP contribution is 2.29. The van der Waals surface area contributed by atoms with Crippen LogP contribution in [0.2, 0.25) is 0 Å². The molecule has 2 aromatic rings. The van der Waals surface area contributed by atoms with Gasteiger partial charge in [-0.25, -0.2) is 13.8 Å². The summed E-state index contributed by atoms with van der Waals surface area (Å²) >= 11 is 0. The summed E-state index contributed by atoms with van der Waals surface area (Å²) in [7, 11) is 0. The molecule has 5 heteroatoms. The Kier molecular flexibility index (Phi) is 2.17. The Labute approximate surface area is 78.4 Å². The molecule has 0 spiro atoms. The van der Waals surface area contributed by atoms with Gasteiger partial charge in [-0.2, -0.15) is 0 Å². The zero-order valence-electron chi connectivity index (χ0n) is 7.17. The van der Waals surface area contributed by atoms with E-state index in [0.29, 0.717) is 5.52 Å². The van der Waals surface area contributed by atoms with Crippen molar-refractivity contribution in [3.8, 4) is 0 Å². The molecule has 74 valence electrons. The lowest BCUT2D eigenvalue weighted by Crippen LogP contribution is -1.95. The second kappa shape index (κ2) is 3.34. The first kappa shape index (κ1) is 9.08. The predicted molar refractivity (Wildman–Crippen MR) is 47.0 cm³/mol. The largest absolute Gasteiger partial charge is 0.392 e. The molecule has 0 bridgehead atoms. The molecule has 0 unspecified atom stereocenters. The van der Waals surface area contributed by atoms with Gasteiger partial charge in [0, 0.05) is 0 Å². The van der Waals surface area contributed by atoms with E-state index in [1.807, 2.05) is 0 Å². The van der Waals surface area contributed by atoms with Crippen LogP contribution in [0.25, 0.3) is 11.0 Å². The minimum Gasteiger partial charge on any atom is -0.392 e. The van der Waals surface area contributed by atoms with E-state index in [4.69, 9.17) is 5.11 Å². The smallest absolute Gasteiger partial charge is 0.266 e. The normalized spacial score (nSPS) is 11.4. The molecule has 0 radical (unpaired) electrons. The summed E-state index contributed by atoms with van der Waals surface area (Å²) in [6.45, 7) is -0.400. The van der Waals surface area contributed by atoms with Gasteiger partial charge in [0.25, 0.3) is 6.43 Å². The Balaban J connectivity index is 2.75. The van der Waals surface area contributed by atoms with Gasteiger partial charge in [-0.05, 0) is 11.6 Å². The van der Waals surface area contributed by atoms with Crippen molar-refractivity contribution in [2.24, 2.45) is 0 Å². The molecule has 0 fully saturated rings. The first-order chi connectivity index (χ1) is 6.74. The van der Waals surface area contributed by atoms with Gasteiger partial charge in [-0.1, -0.05) is 6.07 Å². The van der Waals surface area contributed by atoms with E-state index in [-0.39, 0.29) is 16.6 Å². The van der Waals surface area contributed by atoms with Gasteiger partial charge in [-0.3, -0.25) is 0 Å². The van der Waals surface area contributed by atoms with E-state index in [1.165, 1.54) is 12.4 Å². The molecule has 14 heavy (non-hydrogen) atoms. The van der Waals surface area contributed by atoms with Crippen molar-refractivity contribution in [3.05, 3.63) is 29.6 Å². The van der Waals surface area contributed by atoms with Crippen molar-refractivity contribution in [1.29, 1.82) is 0 Å². The van der Waals surface area contributed by atoms with Crippen LogP contribution in [-0.2, 0) is 6.61 Å². The fraction of sp³-hybridized carbons (Fsp3) is 0.222. The van der Waals surface area contributed by atoms with Crippen molar-refractivity contribution in [2.45, 2.75) is 13.0 Å². The average molecular weight is 198 g/mol. The van der Waals surface area contributed by atoms with E-state index >= 15 is 0 Å². The summed E-state index contributed by atoms with van der Waals surface area (Å²) in [5.74, 6) is 0. The fourth-order valence-electron chi connectivity index (χ4n) is 1.45. The van der Waals surface area contributed by atoms with E-state index in [9.17, 15) is 8.78 Å². The lowest BCUT2D eigenvalue weighted by atomic mass is 10.1. The van der Waals surface area contributed by atoms with Crippen molar-refractivity contribution < 1.29 is 13.9 Å². The molecule has 0 saturated carbocycles. The Morgan fingerprint density at radius 2 is 2.21 bits per heavy atom. The van der Waals surface area contributed by atoms with Gasteiger partial charge in [0.15, 0.2) is 0 Å². The number of aliphatic hydroxyl groups is 1. The summed E-state index contributed by atoms with van der Waals surface area (Å²) in [6, 6.07) is 3.10. The number of hydrogen-bond acceptors (Lipinski definition) is 2. The second-order valence-electron chi connectivity index (χ2n) is 2.90. The van der Waals surface area contributed by atoms with Gasteiger partial charge in [0.2, 0.25) is 0 Å². The average Bonchev–Trinajstić information content (AvgIpc) is 2.62. The van der Waals surface area contributed by atoms with Crippen molar-refractivity contribution in [3.63, 3.8) is 0 Å². The molecule has 3 nitrogen and oxygen atoms in total. The zero-order chi connectivity index (χ0) is 10.1. The molecule has 0 aliphatic carbocycles. The van der Waals surface area contributed by atoms with Crippen LogP contribution in [0.4, 0.5) is 8.78 Å². The number of halogens is 2. The molecular weight excluding hydrogens is 190 g/mol. The molecule has 0 saturated heterocycles. The maximum atomic E-state index is 12.7. The second-order valence-corrected chi connectivity index (χ2v) is 2.90. The summed E-state index contributed by atoms with van der Waals surface area (Å²) in [5, 5.41) is 8.89. The maximum Gasteiger partial charge on any atom is 0.266 e. The highest BCUT2D eigenvalue weighted by Gasteiger charge is 2.17. The molecule has 2 rings (SSSR count). The number of benzene rings is 1. The monoisotopic (exact) mass is 198 g/mol. The number of aromatic nitrogens is 2. The van der Waals surface area contributed by atoms with Gasteiger partial charge in [0.05, 0.1) is 29.5 Å². The minimum atomic E-state index is -2.62. The number of hydrogen-bond donors (Lipinski definition) is 2. The molecule has 1 heterocycles. The Hall–Kier alpha value is -1.49. The number of aliphatic hydroxyl groups excluding tert-OH is 1. The maximum absolute atomic E-state index is 12.7. The number of alkyl halides is 2. The first-order valence-electron chi connectivity index (χ1n) is 4.08. The number of imidazole rings is 1. The summed E-state index contributed by atoms with van der Waals surface area (Å²) in [4.78, 5) is 6.54. The molecule has 1 aromatic carbocycles. The van der Waals surface area contributed by atoms with Gasteiger partial charge < -0.3 is 10.1 Å². The van der Waals surface area contributed by atoms with Crippen LogP contribution in [-0.4, -0.2) is 15.1 Å². The third-order valence-electron chi connectivity index (χ3n) is 2.11. The molecule has 0 amide bonds. The number of rotatable bonds is 2.